The third-order valence-electron chi connectivity index (χ3n) is 2.32. The first-order valence-corrected chi connectivity index (χ1v) is 6.99. The van der Waals surface area contributed by atoms with Crippen LogP contribution in [0.5, 0.6) is 0 Å². The predicted molar refractivity (Wildman–Crippen MR) is 77.1 cm³/mol. The molecule has 2 atom stereocenters. The van der Waals surface area contributed by atoms with Gasteiger partial charge in [-0.3, -0.25) is 0 Å². The summed E-state index contributed by atoms with van der Waals surface area (Å²) in [5, 5.41) is 38.3. The number of carboxylic acids is 2. The van der Waals surface area contributed by atoms with Crippen molar-refractivity contribution in [2.45, 2.75) is 25.0 Å². The summed E-state index contributed by atoms with van der Waals surface area (Å²) in [6.07, 6.45) is -2.18. The summed E-state index contributed by atoms with van der Waals surface area (Å²) in [7, 11) is 11.3. The summed E-state index contributed by atoms with van der Waals surface area (Å²) in [5.41, 5.74) is 0. The maximum atomic E-state index is 10.0. The van der Waals surface area contributed by atoms with Crippen molar-refractivity contribution in [3.63, 3.8) is 0 Å². The van der Waals surface area contributed by atoms with Gasteiger partial charge in [0, 0.05) is 24.8 Å². The number of quaternary nitrogens is 2. The molecule has 0 heterocycles. The van der Waals surface area contributed by atoms with Crippen molar-refractivity contribution in [3.8, 4) is 0 Å². The molecule has 0 rings (SSSR count). The van der Waals surface area contributed by atoms with Crippen molar-refractivity contribution in [2.24, 2.45) is 0 Å². The predicted octanol–water partition coefficient (Wildman–Crippen LogP) is -9.61. The van der Waals surface area contributed by atoms with Gasteiger partial charge in [-0.2, -0.15) is 0 Å². The van der Waals surface area contributed by atoms with E-state index in [9.17, 15) is 19.8 Å². The summed E-state index contributed by atoms with van der Waals surface area (Å²) in [4.78, 5) is 20.0. The van der Waals surface area contributed by atoms with Crippen LogP contribution < -0.4 is 35.0 Å². The number of carbonyl (C=O) groups is 2. The number of hydrogen-bond donors (Lipinski definition) is 2. The maximum absolute atomic E-state index is 10.0. The number of aliphatic hydroxyl groups excluding tert-OH is 2. The fraction of sp³-hybridized carbons (Fsp3) is 0.857. The number of likely N-dealkylation sites (N-methyl/N-ethyl adjacent to an activating group) is 2. The van der Waals surface area contributed by atoms with Gasteiger partial charge < -0.3 is 63.8 Å². The molecule has 0 spiro atoms. The van der Waals surface area contributed by atoms with E-state index >= 15 is 0 Å². The van der Waals surface area contributed by atoms with Crippen LogP contribution in [0.4, 0.5) is 0 Å². The van der Waals surface area contributed by atoms with Crippen LogP contribution >= 0.6 is 0 Å². The van der Waals surface area contributed by atoms with E-state index in [2.05, 4.69) is 0 Å². The maximum Gasteiger partial charge on any atom is 2.00 e. The summed E-state index contributed by atoms with van der Waals surface area (Å²) in [5.74, 6) is -2.41. The third kappa shape index (κ3) is 35.8. The Morgan fingerprint density at radius 3 is 1.08 bits per heavy atom. The molecule has 0 aromatic heterocycles. The Morgan fingerprint density at radius 1 is 0.760 bits per heavy atom. The molecule has 2 N–H and O–H groups in total. The van der Waals surface area contributed by atoms with Crippen molar-refractivity contribution in [1.82, 2.24) is 0 Å². The zero-order valence-electron chi connectivity index (χ0n) is 15.9. The number of hydrogen-bond acceptors (Lipinski definition) is 6. The molecule has 0 aromatic rings. The van der Waals surface area contributed by atoms with Gasteiger partial charge in [0.15, 0.2) is 0 Å². The molecule has 0 bridgehead atoms. The van der Waals surface area contributed by atoms with E-state index in [1.165, 1.54) is 0 Å². The smallest absolute Gasteiger partial charge is 1.00 e. The fourth-order valence-corrected chi connectivity index (χ4v) is 1.78. The molecule has 8 nitrogen and oxygen atoms in total. The van der Waals surface area contributed by atoms with Crippen LogP contribution in [-0.2, 0) is 29.1 Å². The van der Waals surface area contributed by atoms with Crippen molar-refractivity contribution in [2.75, 3.05) is 55.4 Å². The Bertz CT molecular complexity index is 328. The van der Waals surface area contributed by atoms with Crippen molar-refractivity contribution < 1.29 is 83.3 Å². The number of aliphatic hydroxyl groups is 2. The Labute approximate surface area is 175 Å². The van der Waals surface area contributed by atoms with E-state index in [0.29, 0.717) is 22.1 Å². The first kappa shape index (κ1) is 36.0. The second kappa shape index (κ2) is 16.2. The number of rotatable bonds is 8. The van der Waals surface area contributed by atoms with Crippen LogP contribution in [0.1, 0.15) is 12.8 Å². The molecular formula is C14H30Cl2N2O6Zn. The van der Waals surface area contributed by atoms with Crippen LogP contribution in [0.2, 0.25) is 0 Å². The molecule has 25 heavy (non-hydrogen) atoms. The largest absolute Gasteiger partial charge is 2.00 e. The average Bonchev–Trinajstić information content (AvgIpc) is 2.07. The normalized spacial score (nSPS) is 12.8. The summed E-state index contributed by atoms with van der Waals surface area (Å²) >= 11 is 0. The van der Waals surface area contributed by atoms with E-state index in [1.807, 2.05) is 42.3 Å². The fourth-order valence-electron chi connectivity index (χ4n) is 1.78. The number of carboxylic acid groups (broad SMARTS) is 2. The van der Waals surface area contributed by atoms with Gasteiger partial charge in [-0.1, -0.05) is 0 Å². The Morgan fingerprint density at radius 2 is 0.960 bits per heavy atom. The van der Waals surface area contributed by atoms with Crippen LogP contribution in [0, 0.1) is 0 Å². The van der Waals surface area contributed by atoms with E-state index < -0.39 is 24.1 Å². The molecule has 0 aromatic carbocycles. The zero-order chi connectivity index (χ0) is 18.1. The number of nitrogens with zero attached hydrogens (tertiary/aromatic N) is 2. The van der Waals surface area contributed by atoms with Gasteiger partial charge in [0.1, 0.15) is 25.3 Å². The van der Waals surface area contributed by atoms with Crippen molar-refractivity contribution in [3.05, 3.63) is 0 Å². The third-order valence-corrected chi connectivity index (χ3v) is 2.32. The van der Waals surface area contributed by atoms with Crippen LogP contribution in [0.3, 0.4) is 0 Å². The zero-order valence-corrected chi connectivity index (χ0v) is 20.3. The minimum absolute atomic E-state index is 0. The quantitative estimate of drug-likeness (QED) is 0.275. The molecule has 0 amide bonds. The van der Waals surface area contributed by atoms with E-state index in [-0.39, 0.29) is 57.1 Å². The van der Waals surface area contributed by atoms with Crippen LogP contribution in [0.25, 0.3) is 0 Å². The first-order chi connectivity index (χ1) is 9.62. The van der Waals surface area contributed by atoms with Gasteiger partial charge in [0.05, 0.1) is 42.3 Å². The molecule has 0 saturated carbocycles. The molecule has 11 heteroatoms. The molecule has 0 saturated heterocycles. The van der Waals surface area contributed by atoms with E-state index in [1.54, 1.807) is 0 Å². The van der Waals surface area contributed by atoms with E-state index in [0.717, 1.165) is 0 Å². The molecule has 0 aliphatic heterocycles. The Hall–Kier alpha value is -0.0166. The first-order valence-electron chi connectivity index (χ1n) is 6.99. The summed E-state index contributed by atoms with van der Waals surface area (Å²) in [6.45, 7) is 0.849. The van der Waals surface area contributed by atoms with Crippen LogP contribution in [0.15, 0.2) is 0 Å². The van der Waals surface area contributed by atoms with Gasteiger partial charge in [0.2, 0.25) is 0 Å². The minimum Gasteiger partial charge on any atom is -1.00 e. The molecule has 2 unspecified atom stereocenters. The molecule has 0 fully saturated rings. The number of aliphatic carboxylic acids is 2. The molecular weight excluding hydrogens is 428 g/mol. The molecule has 148 valence electrons. The SMILES string of the molecule is C[N+](C)(C)CC(O)CC(=O)[O-].C[N+](C)(C)CC(O)CC(=O)[O-].[Cl-].[Cl-].[Zn+2]. The monoisotopic (exact) mass is 456 g/mol. The Kier molecular flexibility index (Phi) is 23.3. The molecule has 0 aliphatic carbocycles. The van der Waals surface area contributed by atoms with Gasteiger partial charge in [-0.05, 0) is 0 Å². The van der Waals surface area contributed by atoms with Crippen molar-refractivity contribution in [1.29, 1.82) is 0 Å². The average molecular weight is 459 g/mol. The van der Waals surface area contributed by atoms with Crippen LogP contribution in [-0.4, -0.2) is 98.7 Å². The standard InChI is InChI=1S/2C7H15NO3.2ClH.Zn/c2*1-8(2,3)5-6(9)4-7(10)11;;;/h2*6,9H,4-5H2,1-3H3;2*1H;/q;;;;+2/p-2. The molecule has 0 aliphatic rings. The van der Waals surface area contributed by atoms with Gasteiger partial charge in [-0.15, -0.1) is 0 Å². The van der Waals surface area contributed by atoms with Gasteiger partial charge in [-0.25, -0.2) is 0 Å². The number of carbonyl (C=O) groups excluding carboxylic acids is 2. The summed E-state index contributed by atoms with van der Waals surface area (Å²) in [6, 6.07) is 0. The second-order valence-corrected chi connectivity index (χ2v) is 7.41. The topological polar surface area (TPSA) is 121 Å². The molecule has 0 radical (unpaired) electrons. The van der Waals surface area contributed by atoms with Crippen molar-refractivity contribution >= 4 is 11.9 Å². The second-order valence-electron chi connectivity index (χ2n) is 7.41. The summed E-state index contributed by atoms with van der Waals surface area (Å²) < 4.78 is 1.10. The minimum atomic E-state index is -1.20. The Balaban J connectivity index is -0.0000000952. The van der Waals surface area contributed by atoms with E-state index in [4.69, 9.17) is 10.2 Å². The van der Waals surface area contributed by atoms with Gasteiger partial charge >= 0.3 is 19.5 Å². The number of halogens is 2. The van der Waals surface area contributed by atoms with Gasteiger partial charge in [0.25, 0.3) is 0 Å².